The maximum Gasteiger partial charge on any atom is 0.264 e. The summed E-state index contributed by atoms with van der Waals surface area (Å²) < 4.78 is 29.0. The molecule has 3 rings (SSSR count). The van der Waals surface area contributed by atoms with Gasteiger partial charge in [-0.2, -0.15) is 0 Å². The number of nitrogens with one attached hydrogen (secondary N) is 1. The Balaban J connectivity index is 2.07. The van der Waals surface area contributed by atoms with Crippen molar-refractivity contribution in [1.82, 2.24) is 10.2 Å². The predicted molar refractivity (Wildman–Crippen MR) is 156 cm³/mol. The molecule has 0 aliphatic rings. The molecule has 208 valence electrons. The van der Waals surface area contributed by atoms with Crippen LogP contribution in [0, 0.1) is 13.8 Å². The zero-order chi connectivity index (χ0) is 28.6. The second-order valence-electron chi connectivity index (χ2n) is 9.44. The van der Waals surface area contributed by atoms with Crippen molar-refractivity contribution in [2.75, 3.05) is 17.4 Å². The van der Waals surface area contributed by atoms with Gasteiger partial charge in [-0.15, -0.1) is 0 Å². The molecule has 0 unspecified atom stereocenters. The summed E-state index contributed by atoms with van der Waals surface area (Å²) >= 11 is 6.43. The van der Waals surface area contributed by atoms with Crippen LogP contribution >= 0.6 is 11.6 Å². The Bertz CT molecular complexity index is 1390. The van der Waals surface area contributed by atoms with Crippen molar-refractivity contribution >= 4 is 39.1 Å². The highest BCUT2D eigenvalue weighted by atomic mass is 35.5. The van der Waals surface area contributed by atoms with Crippen LogP contribution in [0.3, 0.4) is 0 Å². The standard InChI is InChI=1S/C30H36ClN3O4S/c1-5-19-32-30(36)27(6-2)33(20-24-12-8-9-13-26(24)31)29(35)21-34(28-14-10-7-11-23(28)4)39(37,38)25-17-15-22(3)16-18-25/h7-18,27H,5-6,19-21H2,1-4H3,(H,32,36)/t27-/m1/s1. The number of para-hydroxylation sites is 1. The fourth-order valence-corrected chi connectivity index (χ4v) is 5.96. The molecule has 0 saturated heterocycles. The van der Waals surface area contributed by atoms with E-state index in [-0.39, 0.29) is 17.3 Å². The maximum absolute atomic E-state index is 14.1. The molecule has 1 atom stereocenters. The van der Waals surface area contributed by atoms with Gasteiger partial charge in [0.05, 0.1) is 10.6 Å². The highest BCUT2D eigenvalue weighted by molar-refractivity contribution is 7.92. The highest BCUT2D eigenvalue weighted by Crippen LogP contribution is 2.28. The molecule has 9 heteroatoms. The molecule has 0 aliphatic heterocycles. The lowest BCUT2D eigenvalue weighted by molar-refractivity contribution is -0.140. The van der Waals surface area contributed by atoms with Crippen molar-refractivity contribution in [3.8, 4) is 0 Å². The third-order valence-electron chi connectivity index (χ3n) is 6.51. The number of halogens is 1. The van der Waals surface area contributed by atoms with E-state index in [1.165, 1.54) is 17.0 Å². The number of hydrogen-bond donors (Lipinski definition) is 1. The van der Waals surface area contributed by atoms with Crippen LogP contribution in [0.1, 0.15) is 43.4 Å². The molecule has 0 saturated carbocycles. The van der Waals surface area contributed by atoms with Gasteiger partial charge in [-0.05, 0) is 62.1 Å². The van der Waals surface area contributed by atoms with Crippen LogP contribution in [0.2, 0.25) is 5.02 Å². The van der Waals surface area contributed by atoms with Gasteiger partial charge in [-0.1, -0.05) is 79.5 Å². The summed E-state index contributed by atoms with van der Waals surface area (Å²) in [6.07, 6.45) is 1.09. The molecule has 7 nitrogen and oxygen atoms in total. The summed E-state index contributed by atoms with van der Waals surface area (Å²) in [6, 6.07) is 19.8. The molecule has 3 aromatic carbocycles. The Morgan fingerprint density at radius 2 is 1.56 bits per heavy atom. The van der Waals surface area contributed by atoms with E-state index in [0.29, 0.717) is 34.8 Å². The SMILES string of the molecule is CCCNC(=O)[C@@H](CC)N(Cc1ccccc1Cl)C(=O)CN(c1ccccc1C)S(=O)(=O)c1ccc(C)cc1. The topological polar surface area (TPSA) is 86.8 Å². The Kier molecular flexibility index (Phi) is 10.5. The Morgan fingerprint density at radius 3 is 2.18 bits per heavy atom. The molecule has 0 aromatic heterocycles. The first kappa shape index (κ1) is 30.2. The predicted octanol–water partition coefficient (Wildman–Crippen LogP) is 5.49. The number of benzene rings is 3. The first-order chi connectivity index (χ1) is 18.6. The second kappa shape index (κ2) is 13.6. The second-order valence-corrected chi connectivity index (χ2v) is 11.7. The fraction of sp³-hybridized carbons (Fsp3) is 0.333. The average Bonchev–Trinajstić information content (AvgIpc) is 2.92. The van der Waals surface area contributed by atoms with Gasteiger partial charge >= 0.3 is 0 Å². The molecule has 0 radical (unpaired) electrons. The number of amides is 2. The summed E-state index contributed by atoms with van der Waals surface area (Å²) in [6.45, 7) is 7.49. The summed E-state index contributed by atoms with van der Waals surface area (Å²) in [5, 5.41) is 3.34. The smallest absolute Gasteiger partial charge is 0.264 e. The van der Waals surface area contributed by atoms with Crippen molar-refractivity contribution < 1.29 is 18.0 Å². The molecule has 3 aromatic rings. The quantitative estimate of drug-likeness (QED) is 0.313. The zero-order valence-corrected chi connectivity index (χ0v) is 24.4. The summed E-state index contributed by atoms with van der Waals surface area (Å²) in [4.78, 5) is 28.7. The van der Waals surface area contributed by atoms with Gasteiger partial charge < -0.3 is 10.2 Å². The van der Waals surface area contributed by atoms with Crippen molar-refractivity contribution in [3.05, 3.63) is 94.5 Å². The zero-order valence-electron chi connectivity index (χ0n) is 22.9. The van der Waals surface area contributed by atoms with Crippen LogP contribution in [0.15, 0.2) is 77.7 Å². The van der Waals surface area contributed by atoms with Crippen LogP contribution in [-0.2, 0) is 26.2 Å². The van der Waals surface area contributed by atoms with Gasteiger partial charge in [0.25, 0.3) is 10.0 Å². The fourth-order valence-electron chi connectivity index (χ4n) is 4.29. The number of carbonyl (C=O) groups excluding carboxylic acids is 2. The van der Waals surface area contributed by atoms with Crippen molar-refractivity contribution in [3.63, 3.8) is 0 Å². The van der Waals surface area contributed by atoms with Crippen LogP contribution < -0.4 is 9.62 Å². The van der Waals surface area contributed by atoms with E-state index in [2.05, 4.69) is 5.32 Å². The van der Waals surface area contributed by atoms with Crippen LogP contribution in [0.5, 0.6) is 0 Å². The Morgan fingerprint density at radius 1 is 0.923 bits per heavy atom. The third-order valence-corrected chi connectivity index (χ3v) is 8.65. The van der Waals surface area contributed by atoms with E-state index < -0.39 is 28.5 Å². The molecule has 39 heavy (non-hydrogen) atoms. The van der Waals surface area contributed by atoms with Gasteiger partial charge in [-0.3, -0.25) is 13.9 Å². The van der Waals surface area contributed by atoms with Gasteiger partial charge in [0, 0.05) is 18.1 Å². The number of anilines is 1. The van der Waals surface area contributed by atoms with Crippen LogP contribution in [-0.4, -0.2) is 44.3 Å². The molecule has 0 spiro atoms. The number of aryl methyl sites for hydroxylation is 2. The van der Waals surface area contributed by atoms with Crippen molar-refractivity contribution in [1.29, 1.82) is 0 Å². The molecular weight excluding hydrogens is 534 g/mol. The monoisotopic (exact) mass is 569 g/mol. The van der Waals surface area contributed by atoms with E-state index in [4.69, 9.17) is 11.6 Å². The molecule has 0 bridgehead atoms. The first-order valence-electron chi connectivity index (χ1n) is 13.1. The molecule has 1 N–H and O–H groups in total. The summed E-state index contributed by atoms with van der Waals surface area (Å²) in [5.41, 5.74) is 2.68. The lowest BCUT2D eigenvalue weighted by Gasteiger charge is -2.33. The minimum atomic E-state index is -4.11. The third kappa shape index (κ3) is 7.40. The molecule has 2 amide bonds. The van der Waals surface area contributed by atoms with Gasteiger partial charge in [-0.25, -0.2) is 8.42 Å². The minimum absolute atomic E-state index is 0.0583. The largest absolute Gasteiger partial charge is 0.354 e. The van der Waals surface area contributed by atoms with Crippen LogP contribution in [0.25, 0.3) is 0 Å². The van der Waals surface area contributed by atoms with Crippen molar-refractivity contribution in [2.24, 2.45) is 0 Å². The first-order valence-corrected chi connectivity index (χ1v) is 14.9. The molecule has 0 fully saturated rings. The molecule has 0 heterocycles. The number of nitrogens with zero attached hydrogens (tertiary/aromatic N) is 2. The van der Waals surface area contributed by atoms with E-state index in [1.54, 1.807) is 55.5 Å². The van der Waals surface area contributed by atoms with Gasteiger partial charge in [0.2, 0.25) is 11.8 Å². The highest BCUT2D eigenvalue weighted by Gasteiger charge is 2.34. The molecule has 0 aliphatic carbocycles. The van der Waals surface area contributed by atoms with E-state index >= 15 is 0 Å². The normalized spacial score (nSPS) is 12.0. The average molecular weight is 570 g/mol. The number of hydrogen-bond acceptors (Lipinski definition) is 4. The Hall–Kier alpha value is -3.36. The van der Waals surface area contributed by atoms with E-state index in [0.717, 1.165) is 16.3 Å². The summed E-state index contributed by atoms with van der Waals surface area (Å²) in [7, 11) is -4.11. The Labute approximate surface area is 236 Å². The lowest BCUT2D eigenvalue weighted by Crippen LogP contribution is -2.52. The minimum Gasteiger partial charge on any atom is -0.354 e. The van der Waals surface area contributed by atoms with E-state index in [1.807, 2.05) is 32.9 Å². The van der Waals surface area contributed by atoms with Gasteiger partial charge in [0.15, 0.2) is 0 Å². The van der Waals surface area contributed by atoms with Crippen molar-refractivity contribution in [2.45, 2.75) is 58.0 Å². The van der Waals surface area contributed by atoms with E-state index in [9.17, 15) is 18.0 Å². The summed E-state index contributed by atoms with van der Waals surface area (Å²) in [5.74, 6) is -0.795. The number of rotatable bonds is 12. The number of carbonyl (C=O) groups is 2. The number of sulfonamides is 1. The lowest BCUT2D eigenvalue weighted by atomic mass is 10.1. The van der Waals surface area contributed by atoms with Crippen LogP contribution in [0.4, 0.5) is 5.69 Å². The molecular formula is C30H36ClN3O4S. The van der Waals surface area contributed by atoms with Gasteiger partial charge in [0.1, 0.15) is 12.6 Å². The maximum atomic E-state index is 14.1.